The van der Waals surface area contributed by atoms with E-state index in [0.29, 0.717) is 5.16 Å². The van der Waals surface area contributed by atoms with Gasteiger partial charge in [0, 0.05) is 12.4 Å². The molecule has 2 rings (SSSR count). The lowest BCUT2D eigenvalue weighted by atomic mass is 10.1. The highest BCUT2D eigenvalue weighted by atomic mass is 32.2. The summed E-state index contributed by atoms with van der Waals surface area (Å²) in [5.41, 5.74) is 0.126. The SMILES string of the molecule is O=C(CSc1ncc[nH]1)c1ccccc1F. The molecule has 16 heavy (non-hydrogen) atoms. The Morgan fingerprint density at radius 2 is 2.25 bits per heavy atom. The van der Waals surface area contributed by atoms with Crippen LogP contribution in [0, 0.1) is 5.82 Å². The van der Waals surface area contributed by atoms with Gasteiger partial charge in [-0.15, -0.1) is 0 Å². The third kappa shape index (κ3) is 2.49. The van der Waals surface area contributed by atoms with Crippen molar-refractivity contribution in [2.24, 2.45) is 0 Å². The Morgan fingerprint density at radius 3 is 2.94 bits per heavy atom. The summed E-state index contributed by atoms with van der Waals surface area (Å²) in [6, 6.07) is 5.98. The van der Waals surface area contributed by atoms with Crippen molar-refractivity contribution >= 4 is 17.5 Å². The van der Waals surface area contributed by atoms with E-state index in [1.165, 1.54) is 23.9 Å². The number of carbonyl (C=O) groups is 1. The van der Waals surface area contributed by atoms with Crippen LogP contribution < -0.4 is 0 Å². The number of imidazole rings is 1. The highest BCUT2D eigenvalue weighted by molar-refractivity contribution is 7.99. The maximum Gasteiger partial charge on any atom is 0.176 e. The number of carbonyl (C=O) groups excluding carboxylic acids is 1. The van der Waals surface area contributed by atoms with Gasteiger partial charge in [-0.25, -0.2) is 9.37 Å². The van der Waals surface area contributed by atoms with Crippen molar-refractivity contribution < 1.29 is 9.18 Å². The minimum absolute atomic E-state index is 0.126. The number of thioether (sulfide) groups is 1. The van der Waals surface area contributed by atoms with Crippen molar-refractivity contribution in [2.75, 3.05) is 5.75 Å². The van der Waals surface area contributed by atoms with Crippen LogP contribution in [0.5, 0.6) is 0 Å². The van der Waals surface area contributed by atoms with Crippen LogP contribution >= 0.6 is 11.8 Å². The lowest BCUT2D eigenvalue weighted by molar-refractivity contribution is 0.101. The summed E-state index contributed by atoms with van der Waals surface area (Å²) in [5.74, 6) is -0.541. The molecule has 0 aliphatic heterocycles. The summed E-state index contributed by atoms with van der Waals surface area (Å²) < 4.78 is 13.3. The normalized spacial score (nSPS) is 10.3. The van der Waals surface area contributed by atoms with Crippen LogP contribution in [0.15, 0.2) is 41.8 Å². The van der Waals surface area contributed by atoms with Crippen LogP contribution in [-0.4, -0.2) is 21.5 Å². The average molecular weight is 236 g/mol. The van der Waals surface area contributed by atoms with Crippen LogP contribution in [0.3, 0.4) is 0 Å². The van der Waals surface area contributed by atoms with E-state index < -0.39 is 5.82 Å². The standard InChI is InChI=1S/C11H9FN2OS/c12-9-4-2-1-3-8(9)10(15)7-16-11-13-5-6-14-11/h1-6H,7H2,(H,13,14). The number of rotatable bonds is 4. The van der Waals surface area contributed by atoms with E-state index in [2.05, 4.69) is 9.97 Å². The third-order valence-corrected chi connectivity index (χ3v) is 2.89. The number of nitrogens with zero attached hydrogens (tertiary/aromatic N) is 1. The predicted octanol–water partition coefficient (Wildman–Crippen LogP) is 2.52. The Balaban J connectivity index is 2.01. The molecule has 0 amide bonds. The van der Waals surface area contributed by atoms with Gasteiger partial charge in [0.2, 0.25) is 0 Å². The summed E-state index contributed by atoms with van der Waals surface area (Å²) >= 11 is 1.26. The molecule has 0 aliphatic rings. The Morgan fingerprint density at radius 1 is 1.44 bits per heavy atom. The van der Waals surface area contributed by atoms with Gasteiger partial charge in [-0.05, 0) is 12.1 Å². The van der Waals surface area contributed by atoms with Crippen molar-refractivity contribution in [1.82, 2.24) is 9.97 Å². The van der Waals surface area contributed by atoms with E-state index >= 15 is 0 Å². The van der Waals surface area contributed by atoms with Crippen LogP contribution in [0.25, 0.3) is 0 Å². The van der Waals surface area contributed by atoms with Gasteiger partial charge >= 0.3 is 0 Å². The van der Waals surface area contributed by atoms with Crippen LogP contribution in [-0.2, 0) is 0 Å². The Kier molecular flexibility index (Phi) is 3.36. The Hall–Kier alpha value is -1.62. The summed E-state index contributed by atoms with van der Waals surface area (Å²) in [5, 5.41) is 0.657. The highest BCUT2D eigenvalue weighted by Crippen LogP contribution is 2.15. The van der Waals surface area contributed by atoms with E-state index in [1.54, 1.807) is 24.5 Å². The minimum atomic E-state index is -0.479. The third-order valence-electron chi connectivity index (χ3n) is 1.99. The zero-order valence-corrected chi connectivity index (χ0v) is 9.13. The van der Waals surface area contributed by atoms with Gasteiger partial charge in [-0.2, -0.15) is 0 Å². The minimum Gasteiger partial charge on any atom is -0.340 e. The summed E-state index contributed by atoms with van der Waals surface area (Å²) in [7, 11) is 0. The molecule has 3 nitrogen and oxygen atoms in total. The molecule has 1 N–H and O–H groups in total. The van der Waals surface area contributed by atoms with Crippen molar-refractivity contribution in [3.63, 3.8) is 0 Å². The number of ketones is 1. The van der Waals surface area contributed by atoms with Crippen molar-refractivity contribution in [2.45, 2.75) is 5.16 Å². The zero-order chi connectivity index (χ0) is 11.4. The molecule has 1 heterocycles. The largest absolute Gasteiger partial charge is 0.340 e. The lowest BCUT2D eigenvalue weighted by Gasteiger charge is -2.00. The second kappa shape index (κ2) is 4.94. The van der Waals surface area contributed by atoms with Gasteiger partial charge in [0.15, 0.2) is 10.9 Å². The van der Waals surface area contributed by atoms with E-state index in [9.17, 15) is 9.18 Å². The molecule has 0 saturated carbocycles. The Bertz CT molecular complexity index is 484. The molecule has 1 aromatic carbocycles. The molecule has 0 atom stereocenters. The highest BCUT2D eigenvalue weighted by Gasteiger charge is 2.11. The van der Waals surface area contributed by atoms with Crippen LogP contribution in [0.4, 0.5) is 4.39 Å². The fourth-order valence-corrected chi connectivity index (χ4v) is 1.94. The molecule has 0 bridgehead atoms. The molecule has 82 valence electrons. The van der Waals surface area contributed by atoms with Crippen molar-refractivity contribution in [1.29, 1.82) is 0 Å². The average Bonchev–Trinajstić information content (AvgIpc) is 2.79. The van der Waals surface area contributed by atoms with Gasteiger partial charge in [0.25, 0.3) is 0 Å². The number of aromatic amines is 1. The molecule has 0 saturated heterocycles. The zero-order valence-electron chi connectivity index (χ0n) is 8.31. The van der Waals surface area contributed by atoms with Crippen molar-refractivity contribution in [3.05, 3.63) is 48.0 Å². The maximum absolute atomic E-state index is 13.3. The smallest absolute Gasteiger partial charge is 0.176 e. The van der Waals surface area contributed by atoms with E-state index in [4.69, 9.17) is 0 Å². The number of halogens is 1. The van der Waals surface area contributed by atoms with Gasteiger partial charge in [0.1, 0.15) is 5.82 Å². The molecule has 0 radical (unpaired) electrons. The monoisotopic (exact) mass is 236 g/mol. The van der Waals surface area contributed by atoms with Gasteiger partial charge in [0.05, 0.1) is 11.3 Å². The van der Waals surface area contributed by atoms with Crippen LogP contribution in [0.2, 0.25) is 0 Å². The van der Waals surface area contributed by atoms with Gasteiger partial charge in [-0.1, -0.05) is 23.9 Å². The number of aromatic nitrogens is 2. The summed E-state index contributed by atoms with van der Waals surface area (Å²) in [4.78, 5) is 18.5. The first-order chi connectivity index (χ1) is 7.77. The predicted molar refractivity (Wildman–Crippen MR) is 60.0 cm³/mol. The van der Waals surface area contributed by atoms with Crippen LogP contribution in [0.1, 0.15) is 10.4 Å². The molecule has 0 aliphatic carbocycles. The van der Waals surface area contributed by atoms with E-state index in [-0.39, 0.29) is 17.1 Å². The maximum atomic E-state index is 13.3. The molecular weight excluding hydrogens is 227 g/mol. The quantitative estimate of drug-likeness (QED) is 0.655. The summed E-state index contributed by atoms with van der Waals surface area (Å²) in [6.45, 7) is 0. The number of hydrogen-bond donors (Lipinski definition) is 1. The summed E-state index contributed by atoms with van der Waals surface area (Å²) in [6.07, 6.45) is 3.28. The first-order valence-electron chi connectivity index (χ1n) is 4.67. The lowest BCUT2D eigenvalue weighted by Crippen LogP contribution is -2.05. The second-order valence-electron chi connectivity index (χ2n) is 3.09. The molecule has 0 fully saturated rings. The van der Waals surface area contributed by atoms with Crippen molar-refractivity contribution in [3.8, 4) is 0 Å². The first kappa shape index (κ1) is 10.9. The van der Waals surface area contributed by atoms with Gasteiger partial charge in [-0.3, -0.25) is 4.79 Å². The fourth-order valence-electron chi connectivity index (χ4n) is 1.23. The second-order valence-corrected chi connectivity index (χ2v) is 4.05. The Labute approximate surface area is 96.1 Å². The first-order valence-corrected chi connectivity index (χ1v) is 5.66. The van der Waals surface area contributed by atoms with E-state index in [1.807, 2.05) is 0 Å². The molecule has 0 unspecified atom stereocenters. The number of H-pyrrole nitrogens is 1. The van der Waals surface area contributed by atoms with E-state index in [0.717, 1.165) is 0 Å². The molecule has 0 spiro atoms. The number of benzene rings is 1. The number of nitrogens with one attached hydrogen (secondary N) is 1. The number of Topliss-reactive ketones (excluding diaryl/α,β-unsaturated/α-hetero) is 1. The molecular formula is C11H9FN2OS. The molecule has 5 heteroatoms. The number of hydrogen-bond acceptors (Lipinski definition) is 3. The topological polar surface area (TPSA) is 45.8 Å². The fraction of sp³-hybridized carbons (Fsp3) is 0.0909. The molecule has 2 aromatic rings. The molecule has 1 aromatic heterocycles. The van der Waals surface area contributed by atoms with Gasteiger partial charge < -0.3 is 4.98 Å².